The molecule has 0 amide bonds. The van der Waals surface area contributed by atoms with Gasteiger partial charge in [-0.3, -0.25) is 0 Å². The maximum absolute atomic E-state index is 11.9. The number of fused-ring (bicyclic) bond motifs is 7. The molecule has 5 fully saturated rings. The van der Waals surface area contributed by atoms with Crippen molar-refractivity contribution in [1.29, 1.82) is 0 Å². The molecule has 7 aliphatic rings. The Morgan fingerprint density at radius 2 is 1.73 bits per heavy atom. The van der Waals surface area contributed by atoms with Gasteiger partial charge in [-0.05, 0) is 134 Å². The first-order chi connectivity index (χ1) is 20.9. The van der Waals surface area contributed by atoms with Crippen LogP contribution >= 0.6 is 0 Å². The highest BCUT2D eigenvalue weighted by atomic mass is 32.2. The number of carbonyl (C=O) groups is 1. The van der Waals surface area contributed by atoms with Gasteiger partial charge >= 0.3 is 0 Å². The van der Waals surface area contributed by atoms with Gasteiger partial charge in [0.25, 0.3) is 0 Å². The van der Waals surface area contributed by atoms with Crippen molar-refractivity contribution in [1.82, 2.24) is 10.2 Å². The summed E-state index contributed by atoms with van der Waals surface area (Å²) in [5, 5.41) is 4.18. The molecule has 10 atom stereocenters. The van der Waals surface area contributed by atoms with Gasteiger partial charge in [0.15, 0.2) is 9.84 Å². The lowest BCUT2D eigenvalue weighted by Crippen LogP contribution is -2.67. The monoisotopic (exact) mass is 624 g/mol. The summed E-state index contributed by atoms with van der Waals surface area (Å²) < 4.78 is 23.8. The number of hydrogen-bond donors (Lipinski definition) is 1. The van der Waals surface area contributed by atoms with Crippen molar-refractivity contribution in [2.24, 2.45) is 51.8 Å². The van der Waals surface area contributed by atoms with Crippen LogP contribution in [0.25, 0.3) is 0 Å². The molecule has 0 spiro atoms. The molecule has 8 unspecified atom stereocenters. The summed E-state index contributed by atoms with van der Waals surface area (Å²) in [5.74, 6) is 4.92. The number of rotatable bonds is 7. The fourth-order valence-electron chi connectivity index (χ4n) is 13.3. The van der Waals surface area contributed by atoms with Crippen LogP contribution in [0.15, 0.2) is 23.3 Å². The average Bonchev–Trinajstić information content (AvgIpc) is 3.62. The van der Waals surface area contributed by atoms with Crippen LogP contribution in [-0.4, -0.2) is 62.8 Å². The summed E-state index contributed by atoms with van der Waals surface area (Å²) in [5.41, 5.74) is 4.70. The molecule has 0 radical (unpaired) electrons. The highest BCUT2D eigenvalue weighted by Gasteiger charge is 2.68. The van der Waals surface area contributed by atoms with Crippen LogP contribution in [0.2, 0.25) is 0 Å². The summed E-state index contributed by atoms with van der Waals surface area (Å²) in [6.45, 7) is 14.1. The molecule has 246 valence electrons. The molecular weight excluding hydrogens is 564 g/mol. The normalized spacial score (nSPS) is 48.4. The zero-order valence-electron chi connectivity index (χ0n) is 28.2. The molecule has 0 bridgehead atoms. The maximum Gasteiger partial charge on any atom is 0.152 e. The summed E-state index contributed by atoms with van der Waals surface area (Å²) in [4.78, 5) is 13.5. The quantitative estimate of drug-likeness (QED) is 0.310. The van der Waals surface area contributed by atoms with Crippen LogP contribution < -0.4 is 5.32 Å². The minimum absolute atomic E-state index is 0.296. The van der Waals surface area contributed by atoms with Gasteiger partial charge in [-0.25, -0.2) is 8.42 Å². The first kappa shape index (κ1) is 31.6. The smallest absolute Gasteiger partial charge is 0.152 e. The van der Waals surface area contributed by atoms with Crippen LogP contribution in [0.1, 0.15) is 111 Å². The van der Waals surface area contributed by atoms with Crippen LogP contribution in [0.4, 0.5) is 0 Å². The van der Waals surface area contributed by atoms with Crippen LogP contribution in [0.3, 0.4) is 0 Å². The number of allylic oxidation sites excluding steroid dienone is 4. The zero-order chi connectivity index (χ0) is 31.0. The van der Waals surface area contributed by atoms with Gasteiger partial charge in [-0.15, -0.1) is 0 Å². The Morgan fingerprint density at radius 1 is 0.932 bits per heavy atom. The van der Waals surface area contributed by atoms with E-state index < -0.39 is 9.84 Å². The third kappa shape index (κ3) is 4.88. The Morgan fingerprint density at radius 3 is 2.50 bits per heavy atom. The standard InChI is InChI=1S/C38H60N2O3S/c1-27-30(29-8-7-28(26-29)13-23-41)11-15-35(2)31(27)12-16-37(4)34(35)10-9-32-33-6-5-14-38(33,18-17-36(32,37)3)39-19-20-40-21-24-44(42,43)25-22-40/h11,23,26-28,31-34,39H,5-10,12-22,24-25H2,1-4H3/t27?,28?,31?,32?,33-,34?,35?,36-,37?,38?/m1/s1. The van der Waals surface area contributed by atoms with Crippen molar-refractivity contribution < 1.29 is 13.2 Å². The van der Waals surface area contributed by atoms with E-state index >= 15 is 0 Å². The van der Waals surface area contributed by atoms with Crippen molar-refractivity contribution in [3.05, 3.63) is 23.3 Å². The van der Waals surface area contributed by atoms with E-state index in [1.807, 2.05) is 0 Å². The molecule has 44 heavy (non-hydrogen) atoms. The minimum Gasteiger partial charge on any atom is -0.310 e. The number of hydrogen-bond acceptors (Lipinski definition) is 5. The highest BCUT2D eigenvalue weighted by Crippen LogP contribution is 2.75. The van der Waals surface area contributed by atoms with Gasteiger partial charge < -0.3 is 15.0 Å². The molecule has 5 nitrogen and oxygen atoms in total. The number of sulfone groups is 1. The molecular formula is C38H60N2O3S. The van der Waals surface area contributed by atoms with E-state index in [4.69, 9.17) is 0 Å². The predicted octanol–water partition coefficient (Wildman–Crippen LogP) is 6.99. The summed E-state index contributed by atoms with van der Waals surface area (Å²) in [7, 11) is -2.82. The second-order valence-electron chi connectivity index (χ2n) is 17.3. The number of carbonyl (C=O) groups excluding carboxylic acids is 1. The Kier molecular flexibility index (Phi) is 8.13. The molecule has 1 N–H and O–H groups in total. The van der Waals surface area contributed by atoms with Gasteiger partial charge in [-0.1, -0.05) is 46.3 Å². The first-order valence-electron chi connectivity index (χ1n) is 18.5. The molecule has 1 heterocycles. The Balaban J connectivity index is 1.07. The molecule has 4 saturated carbocycles. The van der Waals surface area contributed by atoms with Gasteiger partial charge in [0, 0.05) is 38.1 Å². The topological polar surface area (TPSA) is 66.5 Å². The molecule has 0 aromatic rings. The van der Waals surface area contributed by atoms with Crippen molar-refractivity contribution in [2.75, 3.05) is 37.7 Å². The predicted molar refractivity (Wildman–Crippen MR) is 179 cm³/mol. The largest absolute Gasteiger partial charge is 0.310 e. The summed E-state index contributed by atoms with van der Waals surface area (Å²) in [6, 6.07) is 0. The molecule has 1 aliphatic heterocycles. The molecule has 1 saturated heterocycles. The lowest BCUT2D eigenvalue weighted by molar-refractivity contribution is -0.212. The average molecular weight is 625 g/mol. The summed E-state index contributed by atoms with van der Waals surface area (Å²) in [6.07, 6.45) is 22.8. The number of nitrogens with zero attached hydrogens (tertiary/aromatic N) is 1. The molecule has 6 heteroatoms. The fourth-order valence-corrected chi connectivity index (χ4v) is 14.6. The SMILES string of the molecule is CC1C(C2=CC(CC=O)CC2)=CCC2(C)C1CCC1(C)C2CCC2[C@H]3CCCC3(NCCN3CCS(=O)(=O)CC3)CC[C@]21C. The van der Waals surface area contributed by atoms with E-state index in [2.05, 4.69) is 50.1 Å². The maximum atomic E-state index is 11.9. The van der Waals surface area contributed by atoms with Gasteiger partial charge in [0.2, 0.25) is 0 Å². The molecule has 0 aromatic carbocycles. The van der Waals surface area contributed by atoms with E-state index in [9.17, 15) is 13.2 Å². The second kappa shape index (κ2) is 11.3. The van der Waals surface area contributed by atoms with Crippen LogP contribution in [-0.2, 0) is 14.6 Å². The molecule has 7 rings (SSSR count). The lowest BCUT2D eigenvalue weighted by Gasteiger charge is -2.71. The van der Waals surface area contributed by atoms with E-state index in [0.717, 1.165) is 55.9 Å². The van der Waals surface area contributed by atoms with Crippen molar-refractivity contribution in [3.63, 3.8) is 0 Å². The van der Waals surface area contributed by atoms with Gasteiger partial charge in [-0.2, -0.15) is 0 Å². The number of nitrogens with one attached hydrogen (secondary N) is 1. The van der Waals surface area contributed by atoms with E-state index in [1.54, 1.807) is 11.1 Å². The third-order valence-electron chi connectivity index (χ3n) is 15.9. The van der Waals surface area contributed by atoms with Crippen LogP contribution in [0, 0.1) is 51.8 Å². The Labute approximate surface area is 268 Å². The van der Waals surface area contributed by atoms with Crippen molar-refractivity contribution in [3.8, 4) is 0 Å². The zero-order valence-corrected chi connectivity index (χ0v) is 29.0. The molecule has 0 aromatic heterocycles. The van der Waals surface area contributed by atoms with E-state index in [-0.39, 0.29) is 0 Å². The fraction of sp³-hybridized carbons (Fsp3) is 0.868. The van der Waals surface area contributed by atoms with Gasteiger partial charge in [0.05, 0.1) is 11.5 Å². The lowest BCUT2D eigenvalue weighted by atomic mass is 9.34. The first-order valence-corrected chi connectivity index (χ1v) is 20.3. The van der Waals surface area contributed by atoms with Crippen molar-refractivity contribution >= 4 is 16.1 Å². The second-order valence-corrected chi connectivity index (χ2v) is 19.6. The third-order valence-corrected chi connectivity index (χ3v) is 17.5. The molecule has 6 aliphatic carbocycles. The van der Waals surface area contributed by atoms with Crippen LogP contribution in [0.5, 0.6) is 0 Å². The van der Waals surface area contributed by atoms with E-state index in [0.29, 0.717) is 64.6 Å². The van der Waals surface area contributed by atoms with Gasteiger partial charge in [0.1, 0.15) is 6.29 Å². The minimum atomic E-state index is -2.82. The van der Waals surface area contributed by atoms with Crippen molar-refractivity contribution in [2.45, 2.75) is 117 Å². The highest BCUT2D eigenvalue weighted by molar-refractivity contribution is 7.91. The Hall–Kier alpha value is -0.980. The Bertz CT molecular complexity index is 1290. The van der Waals surface area contributed by atoms with E-state index in [1.165, 1.54) is 64.2 Å². The number of aldehydes is 1. The summed E-state index contributed by atoms with van der Waals surface area (Å²) >= 11 is 0.